The summed E-state index contributed by atoms with van der Waals surface area (Å²) in [5.41, 5.74) is 0.955. The lowest BCUT2D eigenvalue weighted by molar-refractivity contribution is -0.199. The monoisotopic (exact) mass is 716 g/mol. The van der Waals surface area contributed by atoms with Crippen molar-refractivity contribution in [3.8, 4) is 0 Å². The maximum absolute atomic E-state index is 12.4. The van der Waals surface area contributed by atoms with Crippen LogP contribution in [-0.2, 0) is 58.9 Å². The second kappa shape index (κ2) is 20.7. The summed E-state index contributed by atoms with van der Waals surface area (Å²) in [6, 6.07) is 7.34. The van der Waals surface area contributed by atoms with Gasteiger partial charge < -0.3 is 48.9 Å². The third kappa shape index (κ3) is 11.9. The van der Waals surface area contributed by atoms with E-state index in [-0.39, 0.29) is 17.3 Å². The van der Waals surface area contributed by atoms with Crippen molar-refractivity contribution in [1.29, 1.82) is 0 Å². The molecule has 1 aromatic rings. The highest BCUT2D eigenvalue weighted by atomic mass is 79.9. The van der Waals surface area contributed by atoms with Gasteiger partial charge in [0.05, 0.1) is 44.7 Å². The molecule has 1 rings (SSSR count). The molecule has 3 N–H and O–H groups in total. The van der Waals surface area contributed by atoms with Crippen LogP contribution in [0.4, 0.5) is 0 Å². The van der Waals surface area contributed by atoms with Crippen LogP contribution in [0.2, 0.25) is 0 Å². The van der Waals surface area contributed by atoms with E-state index in [2.05, 4.69) is 47.2 Å². The number of benzene rings is 1. The first-order valence-corrected chi connectivity index (χ1v) is 14.1. The van der Waals surface area contributed by atoms with Crippen LogP contribution in [0.25, 0.3) is 0 Å². The topological polar surface area (TPSA) is 177 Å². The number of methoxy groups -OCH3 is 6. The van der Waals surface area contributed by atoms with Crippen molar-refractivity contribution in [2.24, 2.45) is 0 Å². The summed E-state index contributed by atoms with van der Waals surface area (Å²) in [6.45, 7) is -0.314. The number of hydrogen-bond acceptors (Lipinski definition) is 12. The van der Waals surface area contributed by atoms with E-state index in [1.807, 2.05) is 30.3 Å². The molecule has 0 saturated carbocycles. The van der Waals surface area contributed by atoms with Crippen LogP contribution in [-0.4, -0.2) is 119 Å². The number of amides is 2. The molecule has 0 aromatic heterocycles. The zero-order valence-corrected chi connectivity index (χ0v) is 26.9. The molecule has 0 aliphatic heterocycles. The Hall–Kier alpha value is -2.18. The molecule has 16 heteroatoms. The Labute approximate surface area is 255 Å². The fourth-order valence-electron chi connectivity index (χ4n) is 2.91. The van der Waals surface area contributed by atoms with Crippen molar-refractivity contribution in [3.05, 3.63) is 35.9 Å². The lowest BCUT2D eigenvalue weighted by Gasteiger charge is -2.29. The molecular formula is C25H38Br2N2O12. The van der Waals surface area contributed by atoms with Gasteiger partial charge in [-0.1, -0.05) is 62.2 Å². The summed E-state index contributed by atoms with van der Waals surface area (Å²) in [7, 11) is 7.64. The Bertz CT molecular complexity index is 914. The van der Waals surface area contributed by atoms with E-state index in [4.69, 9.17) is 33.5 Å². The summed E-state index contributed by atoms with van der Waals surface area (Å²) in [5.74, 6) is -5.76. The van der Waals surface area contributed by atoms with Gasteiger partial charge >= 0.3 is 11.9 Å². The van der Waals surface area contributed by atoms with Crippen LogP contribution in [0.1, 0.15) is 5.56 Å². The average molecular weight is 718 g/mol. The van der Waals surface area contributed by atoms with Crippen LogP contribution in [0, 0.1) is 0 Å². The number of alkyl halides is 2. The molecule has 0 fully saturated rings. The van der Waals surface area contributed by atoms with E-state index in [0.717, 1.165) is 12.7 Å². The molecular weight excluding hydrogens is 680 g/mol. The third-order valence-corrected chi connectivity index (χ3v) is 7.00. The molecule has 0 spiro atoms. The molecule has 0 bridgehead atoms. The molecule has 0 unspecified atom stereocenters. The van der Waals surface area contributed by atoms with Crippen LogP contribution in [0.15, 0.2) is 30.3 Å². The fourth-order valence-corrected chi connectivity index (χ4v) is 4.34. The van der Waals surface area contributed by atoms with Gasteiger partial charge in [0.2, 0.25) is 0 Å². The number of hydrogen-bond donors (Lipinski definition) is 3. The van der Waals surface area contributed by atoms with Gasteiger partial charge in [0.25, 0.3) is 23.4 Å². The smallest absolute Gasteiger partial charge is 0.330 e. The van der Waals surface area contributed by atoms with E-state index in [0.29, 0.717) is 6.61 Å². The number of esters is 2. The highest BCUT2D eigenvalue weighted by molar-refractivity contribution is 9.09. The van der Waals surface area contributed by atoms with Gasteiger partial charge in [0, 0.05) is 28.4 Å². The molecule has 0 saturated heterocycles. The average Bonchev–Trinajstić information content (AvgIpc) is 3.01. The van der Waals surface area contributed by atoms with Gasteiger partial charge in [-0.3, -0.25) is 9.59 Å². The number of carbonyl (C=O) groups excluding carboxylic acids is 4. The summed E-state index contributed by atoms with van der Waals surface area (Å²) in [6.07, 6.45) is 0. The van der Waals surface area contributed by atoms with Crippen LogP contribution in [0.5, 0.6) is 0 Å². The molecule has 41 heavy (non-hydrogen) atoms. The first-order valence-electron chi connectivity index (χ1n) is 11.9. The number of nitrogens with one attached hydrogen (secondary N) is 2. The summed E-state index contributed by atoms with van der Waals surface area (Å²) < 4.78 is 34.7. The van der Waals surface area contributed by atoms with Crippen molar-refractivity contribution in [3.63, 3.8) is 0 Å². The quantitative estimate of drug-likeness (QED) is 0.114. The van der Waals surface area contributed by atoms with Gasteiger partial charge in [-0.05, 0) is 5.56 Å². The molecule has 0 heterocycles. The lowest BCUT2D eigenvalue weighted by Crippen LogP contribution is -2.56. The molecule has 0 aliphatic rings. The van der Waals surface area contributed by atoms with Crippen LogP contribution < -0.4 is 10.6 Å². The van der Waals surface area contributed by atoms with Crippen molar-refractivity contribution >= 4 is 55.6 Å². The van der Waals surface area contributed by atoms with Gasteiger partial charge in [0.1, 0.15) is 0 Å². The van der Waals surface area contributed by atoms with Gasteiger partial charge in [-0.15, -0.1) is 0 Å². The number of aliphatic hydroxyl groups is 1. The minimum absolute atomic E-state index is 0.0426. The van der Waals surface area contributed by atoms with E-state index in [1.54, 1.807) is 0 Å². The second-order valence-electron chi connectivity index (χ2n) is 7.87. The molecule has 14 nitrogen and oxygen atoms in total. The molecule has 234 valence electrons. The van der Waals surface area contributed by atoms with Crippen molar-refractivity contribution in [1.82, 2.24) is 10.6 Å². The highest BCUT2D eigenvalue weighted by Gasteiger charge is 2.41. The van der Waals surface area contributed by atoms with Crippen molar-refractivity contribution < 1.29 is 57.4 Å². The Morgan fingerprint density at radius 2 is 1.17 bits per heavy atom. The van der Waals surface area contributed by atoms with Crippen LogP contribution in [0.3, 0.4) is 0 Å². The van der Waals surface area contributed by atoms with E-state index in [1.165, 1.54) is 35.5 Å². The minimum atomic E-state index is -1.55. The van der Waals surface area contributed by atoms with E-state index in [9.17, 15) is 19.2 Å². The van der Waals surface area contributed by atoms with E-state index < -0.39 is 54.0 Å². The molecule has 2 atom stereocenters. The zero-order chi connectivity index (χ0) is 31.5. The molecule has 0 radical (unpaired) electrons. The lowest BCUT2D eigenvalue weighted by atomic mass is 10.2. The Balaban J connectivity index is 0.000000831. The standard InChI is InChI=1S/C16H22BrNO6.C9H16BrNO6/c1-21-14(19)13(10-24-9-12-7-5-4-6-8-12)18-15(20)16(11-17,22-2)23-3;1-15-7(13)6(4-12)11-8(14)9(5-10,16-2)17-3/h4-8,13H,9-11H2,1-3H3,(H,18,20);6,12H,4-5H2,1-3H3,(H,11,14)/t13-;6-/m00/s1. The number of rotatable bonds is 17. The number of ether oxygens (including phenoxy) is 7. The number of halogens is 2. The zero-order valence-electron chi connectivity index (χ0n) is 23.8. The number of carbonyl (C=O) groups is 4. The minimum Gasteiger partial charge on any atom is -0.467 e. The van der Waals surface area contributed by atoms with Crippen molar-refractivity contribution in [2.45, 2.75) is 30.3 Å². The molecule has 2 amide bonds. The normalized spacial score (nSPS) is 12.7. The van der Waals surface area contributed by atoms with Gasteiger partial charge in [-0.2, -0.15) is 0 Å². The predicted molar refractivity (Wildman–Crippen MR) is 152 cm³/mol. The van der Waals surface area contributed by atoms with E-state index >= 15 is 0 Å². The summed E-state index contributed by atoms with van der Waals surface area (Å²) >= 11 is 6.23. The maximum atomic E-state index is 12.4. The molecule has 0 aliphatic carbocycles. The Morgan fingerprint density at radius 1 is 0.756 bits per heavy atom. The summed E-state index contributed by atoms with van der Waals surface area (Å²) in [5, 5.41) is 13.9. The first kappa shape index (κ1) is 38.8. The predicted octanol–water partition coefficient (Wildman–Crippen LogP) is 0.266. The molecule has 1 aromatic carbocycles. The number of aliphatic hydroxyl groups excluding tert-OH is 1. The summed E-state index contributed by atoms with van der Waals surface area (Å²) in [4.78, 5) is 47.3. The SMILES string of the molecule is COC(=O)[C@H](CO)NC(=O)C(CBr)(OC)OC.COC(=O)[C@H](COCc1ccccc1)NC(=O)C(CBr)(OC)OC. The van der Waals surface area contributed by atoms with Gasteiger partial charge in [-0.25, -0.2) is 9.59 Å². The third-order valence-electron chi connectivity index (χ3n) is 5.52. The Morgan fingerprint density at radius 3 is 1.54 bits per heavy atom. The first-order chi connectivity index (χ1) is 19.5. The van der Waals surface area contributed by atoms with Gasteiger partial charge in [0.15, 0.2) is 12.1 Å². The van der Waals surface area contributed by atoms with Crippen molar-refractivity contribution in [2.75, 3.05) is 66.5 Å². The highest BCUT2D eigenvalue weighted by Crippen LogP contribution is 2.16. The Kier molecular flexibility index (Phi) is 19.6. The fraction of sp³-hybridized carbons (Fsp3) is 0.600. The maximum Gasteiger partial charge on any atom is 0.330 e. The largest absolute Gasteiger partial charge is 0.467 e. The van der Waals surface area contributed by atoms with Crippen LogP contribution >= 0.6 is 31.9 Å². The second-order valence-corrected chi connectivity index (χ2v) is 8.99.